The zero-order valence-corrected chi connectivity index (χ0v) is 9.06. The first-order valence-corrected chi connectivity index (χ1v) is 4.51. The second kappa shape index (κ2) is 9.36. The minimum Gasteiger partial charge on any atom is -0.394 e. The number of ether oxygens (including phenoxy) is 4. The molecule has 0 spiro atoms. The van der Waals surface area contributed by atoms with E-state index < -0.39 is 0 Å². The minimum absolute atomic E-state index is 0.0432. The summed E-state index contributed by atoms with van der Waals surface area (Å²) >= 11 is 0. The SMILES string of the molecule is COCC(COCC(CO)OC)OC. The summed E-state index contributed by atoms with van der Waals surface area (Å²) in [7, 11) is 4.75. The summed E-state index contributed by atoms with van der Waals surface area (Å²) in [4.78, 5) is 0. The fourth-order valence-electron chi connectivity index (χ4n) is 0.896. The van der Waals surface area contributed by atoms with Gasteiger partial charge in [-0.25, -0.2) is 0 Å². The van der Waals surface area contributed by atoms with Gasteiger partial charge in [-0.15, -0.1) is 0 Å². The third-order valence-corrected chi connectivity index (χ3v) is 1.83. The molecule has 0 amide bonds. The highest BCUT2D eigenvalue weighted by Crippen LogP contribution is 1.95. The van der Waals surface area contributed by atoms with Crippen LogP contribution in [0.25, 0.3) is 0 Å². The second-order valence-corrected chi connectivity index (χ2v) is 2.89. The van der Waals surface area contributed by atoms with Crippen LogP contribution in [-0.2, 0) is 18.9 Å². The highest BCUT2D eigenvalue weighted by atomic mass is 16.6. The van der Waals surface area contributed by atoms with Crippen molar-refractivity contribution < 1.29 is 24.1 Å². The van der Waals surface area contributed by atoms with Gasteiger partial charge in [0.25, 0.3) is 0 Å². The number of aliphatic hydroxyl groups excluding tert-OH is 1. The number of methoxy groups -OCH3 is 3. The van der Waals surface area contributed by atoms with Crippen molar-refractivity contribution in [2.45, 2.75) is 12.2 Å². The van der Waals surface area contributed by atoms with Crippen LogP contribution in [0, 0.1) is 0 Å². The van der Waals surface area contributed by atoms with E-state index in [1.807, 2.05) is 0 Å². The molecule has 0 fully saturated rings. The van der Waals surface area contributed by atoms with Crippen molar-refractivity contribution in [1.82, 2.24) is 0 Å². The van der Waals surface area contributed by atoms with Gasteiger partial charge in [0.2, 0.25) is 0 Å². The van der Waals surface area contributed by atoms with Crippen LogP contribution in [0.1, 0.15) is 0 Å². The molecule has 0 saturated carbocycles. The van der Waals surface area contributed by atoms with E-state index in [9.17, 15) is 0 Å². The van der Waals surface area contributed by atoms with E-state index in [0.29, 0.717) is 19.8 Å². The van der Waals surface area contributed by atoms with E-state index in [1.165, 1.54) is 7.11 Å². The molecule has 1 N–H and O–H groups in total. The third kappa shape index (κ3) is 6.28. The third-order valence-electron chi connectivity index (χ3n) is 1.83. The monoisotopic (exact) mass is 208 g/mol. The average Bonchev–Trinajstić information content (AvgIpc) is 2.23. The summed E-state index contributed by atoms with van der Waals surface area (Å²) in [5, 5.41) is 8.79. The number of aliphatic hydroxyl groups is 1. The molecule has 5 nitrogen and oxygen atoms in total. The van der Waals surface area contributed by atoms with E-state index in [2.05, 4.69) is 0 Å². The molecular formula is C9H20O5. The molecule has 0 bridgehead atoms. The van der Waals surface area contributed by atoms with Crippen LogP contribution in [0.3, 0.4) is 0 Å². The number of hydrogen-bond donors (Lipinski definition) is 1. The molecule has 2 unspecified atom stereocenters. The molecule has 14 heavy (non-hydrogen) atoms. The Kier molecular flexibility index (Phi) is 9.23. The van der Waals surface area contributed by atoms with E-state index in [-0.39, 0.29) is 18.8 Å². The van der Waals surface area contributed by atoms with Gasteiger partial charge in [-0.1, -0.05) is 0 Å². The summed E-state index contributed by atoms with van der Waals surface area (Å²) < 4.78 is 20.2. The van der Waals surface area contributed by atoms with E-state index >= 15 is 0 Å². The van der Waals surface area contributed by atoms with E-state index in [4.69, 9.17) is 24.1 Å². The molecule has 5 heteroatoms. The zero-order valence-electron chi connectivity index (χ0n) is 9.06. The van der Waals surface area contributed by atoms with Crippen LogP contribution in [0.15, 0.2) is 0 Å². The molecule has 86 valence electrons. The van der Waals surface area contributed by atoms with Crippen molar-refractivity contribution >= 4 is 0 Å². The lowest BCUT2D eigenvalue weighted by Gasteiger charge is -2.17. The Labute approximate surface area is 84.9 Å². The number of hydrogen-bond acceptors (Lipinski definition) is 5. The van der Waals surface area contributed by atoms with Gasteiger partial charge in [0.15, 0.2) is 0 Å². The minimum atomic E-state index is -0.268. The van der Waals surface area contributed by atoms with Gasteiger partial charge in [-0.2, -0.15) is 0 Å². The van der Waals surface area contributed by atoms with Crippen LogP contribution >= 0.6 is 0 Å². The Morgan fingerprint density at radius 2 is 1.50 bits per heavy atom. The molecule has 0 aliphatic carbocycles. The van der Waals surface area contributed by atoms with Crippen molar-refractivity contribution in [2.24, 2.45) is 0 Å². The topological polar surface area (TPSA) is 57.2 Å². The van der Waals surface area contributed by atoms with Crippen molar-refractivity contribution in [2.75, 3.05) is 47.8 Å². The van der Waals surface area contributed by atoms with Gasteiger partial charge in [0.05, 0.1) is 26.4 Å². The molecule has 0 rings (SSSR count). The van der Waals surface area contributed by atoms with Crippen molar-refractivity contribution in [3.8, 4) is 0 Å². The summed E-state index contributed by atoms with van der Waals surface area (Å²) in [6.45, 7) is 1.24. The Morgan fingerprint density at radius 3 is 1.93 bits per heavy atom. The molecule has 0 aliphatic rings. The first-order chi connectivity index (χ1) is 6.78. The molecule has 0 aromatic heterocycles. The summed E-state index contributed by atoms with van der Waals surface area (Å²) in [5.41, 5.74) is 0. The molecular weight excluding hydrogens is 188 g/mol. The first-order valence-electron chi connectivity index (χ1n) is 4.51. The fraction of sp³-hybridized carbons (Fsp3) is 1.00. The quantitative estimate of drug-likeness (QED) is 0.562. The van der Waals surface area contributed by atoms with Gasteiger partial charge in [-0.05, 0) is 0 Å². The highest BCUT2D eigenvalue weighted by molar-refractivity contribution is 4.56. The van der Waals surface area contributed by atoms with Crippen molar-refractivity contribution in [1.29, 1.82) is 0 Å². The Morgan fingerprint density at radius 1 is 0.929 bits per heavy atom. The van der Waals surface area contributed by atoms with Crippen LogP contribution < -0.4 is 0 Å². The second-order valence-electron chi connectivity index (χ2n) is 2.89. The van der Waals surface area contributed by atoms with Gasteiger partial charge in [0, 0.05) is 21.3 Å². The molecule has 0 aromatic carbocycles. The maximum Gasteiger partial charge on any atom is 0.104 e. The maximum absolute atomic E-state index is 8.79. The molecule has 0 heterocycles. The van der Waals surface area contributed by atoms with Crippen LogP contribution in [-0.4, -0.2) is 65.1 Å². The van der Waals surface area contributed by atoms with Gasteiger partial charge < -0.3 is 24.1 Å². The fourth-order valence-corrected chi connectivity index (χ4v) is 0.896. The molecule has 0 aliphatic heterocycles. The summed E-state index contributed by atoms with van der Waals surface area (Å²) in [6.07, 6.45) is -0.341. The Hall–Kier alpha value is -0.200. The zero-order chi connectivity index (χ0) is 10.8. The van der Waals surface area contributed by atoms with Crippen molar-refractivity contribution in [3.63, 3.8) is 0 Å². The Bertz CT molecular complexity index is 116. The first kappa shape index (κ1) is 13.8. The largest absolute Gasteiger partial charge is 0.394 e. The van der Waals surface area contributed by atoms with Gasteiger partial charge in [-0.3, -0.25) is 0 Å². The Balaban J connectivity index is 3.48. The van der Waals surface area contributed by atoms with Crippen LogP contribution in [0.5, 0.6) is 0 Å². The maximum atomic E-state index is 8.79. The predicted octanol–water partition coefficient (Wildman–Crippen LogP) is -0.328. The summed E-state index contributed by atoms with van der Waals surface area (Å²) in [5.74, 6) is 0. The van der Waals surface area contributed by atoms with Crippen LogP contribution in [0.2, 0.25) is 0 Å². The number of rotatable bonds is 9. The lowest BCUT2D eigenvalue weighted by Crippen LogP contribution is -2.28. The molecule has 0 radical (unpaired) electrons. The average molecular weight is 208 g/mol. The lowest BCUT2D eigenvalue weighted by atomic mass is 10.4. The van der Waals surface area contributed by atoms with E-state index in [0.717, 1.165) is 0 Å². The van der Waals surface area contributed by atoms with Gasteiger partial charge >= 0.3 is 0 Å². The molecule has 0 aromatic rings. The normalized spacial score (nSPS) is 15.4. The molecule has 2 atom stereocenters. The predicted molar refractivity (Wildman–Crippen MR) is 51.4 cm³/mol. The van der Waals surface area contributed by atoms with Crippen molar-refractivity contribution in [3.05, 3.63) is 0 Å². The standard InChI is InChI=1S/C9H20O5/c1-11-5-9(13-3)7-14-6-8(4-10)12-2/h8-10H,4-7H2,1-3H3. The van der Waals surface area contributed by atoms with E-state index in [1.54, 1.807) is 14.2 Å². The van der Waals surface area contributed by atoms with Crippen LogP contribution in [0.4, 0.5) is 0 Å². The van der Waals surface area contributed by atoms with Gasteiger partial charge in [0.1, 0.15) is 12.2 Å². The lowest BCUT2D eigenvalue weighted by molar-refractivity contribution is -0.0651. The molecule has 0 saturated heterocycles. The highest BCUT2D eigenvalue weighted by Gasteiger charge is 2.09. The smallest absolute Gasteiger partial charge is 0.104 e. The summed E-state index contributed by atoms with van der Waals surface area (Å²) in [6, 6.07) is 0.